The van der Waals surface area contributed by atoms with Crippen molar-refractivity contribution in [3.05, 3.63) is 46.6 Å². The van der Waals surface area contributed by atoms with Gasteiger partial charge in [-0.05, 0) is 23.6 Å². The highest BCUT2D eigenvalue weighted by Gasteiger charge is 2.11. The van der Waals surface area contributed by atoms with Crippen LogP contribution in [-0.4, -0.2) is 10.1 Å². The normalized spacial score (nSPS) is 12.6. The SMILES string of the molecule is C[C@H](Cc1noc(CCl)n1)c1ccc(Cl)cc1. The molecule has 0 saturated carbocycles. The van der Waals surface area contributed by atoms with Gasteiger partial charge in [0, 0.05) is 11.4 Å². The molecule has 17 heavy (non-hydrogen) atoms. The first-order valence-corrected chi connectivity index (χ1v) is 6.23. The van der Waals surface area contributed by atoms with E-state index in [2.05, 4.69) is 17.1 Å². The molecule has 0 aliphatic carbocycles. The van der Waals surface area contributed by atoms with E-state index in [0.717, 1.165) is 11.4 Å². The Morgan fingerprint density at radius 2 is 2.00 bits per heavy atom. The lowest BCUT2D eigenvalue weighted by Gasteiger charge is -2.08. The topological polar surface area (TPSA) is 38.9 Å². The second-order valence-corrected chi connectivity index (χ2v) is 4.60. The van der Waals surface area contributed by atoms with E-state index in [4.69, 9.17) is 27.7 Å². The Balaban J connectivity index is 2.05. The lowest BCUT2D eigenvalue weighted by atomic mass is 9.98. The third-order valence-electron chi connectivity index (χ3n) is 2.55. The summed E-state index contributed by atoms with van der Waals surface area (Å²) in [5, 5.41) is 4.61. The average Bonchev–Trinajstić information content (AvgIpc) is 2.77. The average molecular weight is 271 g/mol. The van der Waals surface area contributed by atoms with Crippen molar-refractivity contribution in [2.75, 3.05) is 0 Å². The predicted octanol–water partition coefficient (Wildman–Crippen LogP) is 3.81. The van der Waals surface area contributed by atoms with Gasteiger partial charge < -0.3 is 4.52 Å². The van der Waals surface area contributed by atoms with Gasteiger partial charge >= 0.3 is 0 Å². The van der Waals surface area contributed by atoms with Crippen LogP contribution in [-0.2, 0) is 12.3 Å². The van der Waals surface area contributed by atoms with Crippen LogP contribution in [0.5, 0.6) is 0 Å². The monoisotopic (exact) mass is 270 g/mol. The molecule has 0 N–H and O–H groups in total. The molecule has 0 fully saturated rings. The van der Waals surface area contributed by atoms with Crippen molar-refractivity contribution < 1.29 is 4.52 Å². The molecule has 2 rings (SSSR count). The minimum atomic E-state index is 0.252. The predicted molar refractivity (Wildman–Crippen MR) is 67.4 cm³/mol. The molecular weight excluding hydrogens is 259 g/mol. The lowest BCUT2D eigenvalue weighted by Crippen LogP contribution is -2.00. The standard InChI is InChI=1S/C12H12Cl2N2O/c1-8(9-2-4-10(14)5-3-9)6-11-15-12(7-13)17-16-11/h2-5,8H,6-7H2,1H3/t8-/m1/s1. The molecule has 0 radical (unpaired) electrons. The maximum absolute atomic E-state index is 5.84. The highest BCUT2D eigenvalue weighted by atomic mass is 35.5. The van der Waals surface area contributed by atoms with Gasteiger partial charge in [-0.3, -0.25) is 0 Å². The molecule has 90 valence electrons. The van der Waals surface area contributed by atoms with Crippen LogP contribution in [0.2, 0.25) is 5.02 Å². The number of nitrogens with zero attached hydrogens (tertiary/aromatic N) is 2. The number of aromatic nitrogens is 2. The van der Waals surface area contributed by atoms with Crippen LogP contribution < -0.4 is 0 Å². The Labute approximate surface area is 110 Å². The summed E-state index contributed by atoms with van der Waals surface area (Å²) >= 11 is 11.4. The van der Waals surface area contributed by atoms with Crippen molar-refractivity contribution in [2.45, 2.75) is 25.1 Å². The number of hydrogen-bond acceptors (Lipinski definition) is 3. The van der Waals surface area contributed by atoms with E-state index in [1.54, 1.807) is 0 Å². The van der Waals surface area contributed by atoms with Crippen LogP contribution in [0.3, 0.4) is 0 Å². The largest absolute Gasteiger partial charge is 0.338 e. The number of benzene rings is 1. The molecule has 0 aliphatic rings. The van der Waals surface area contributed by atoms with Crippen molar-refractivity contribution >= 4 is 23.2 Å². The van der Waals surface area contributed by atoms with Crippen molar-refractivity contribution in [2.24, 2.45) is 0 Å². The summed E-state index contributed by atoms with van der Waals surface area (Å²) in [6.07, 6.45) is 0.724. The van der Waals surface area contributed by atoms with Crippen molar-refractivity contribution in [3.8, 4) is 0 Å². The molecule has 0 aliphatic heterocycles. The van der Waals surface area contributed by atoms with Gasteiger partial charge in [0.05, 0.1) is 0 Å². The second-order valence-electron chi connectivity index (χ2n) is 3.89. The van der Waals surface area contributed by atoms with E-state index in [9.17, 15) is 0 Å². The minimum Gasteiger partial charge on any atom is -0.338 e. The second kappa shape index (κ2) is 5.52. The van der Waals surface area contributed by atoms with E-state index in [0.29, 0.717) is 17.6 Å². The van der Waals surface area contributed by atoms with Gasteiger partial charge in [-0.2, -0.15) is 4.98 Å². The van der Waals surface area contributed by atoms with Gasteiger partial charge in [0.15, 0.2) is 5.82 Å². The third-order valence-corrected chi connectivity index (χ3v) is 3.03. The summed E-state index contributed by atoms with van der Waals surface area (Å²) in [5.41, 5.74) is 1.20. The zero-order chi connectivity index (χ0) is 12.3. The molecule has 1 aromatic heterocycles. The van der Waals surface area contributed by atoms with E-state index < -0.39 is 0 Å². The number of alkyl halides is 1. The maximum atomic E-state index is 5.84. The Morgan fingerprint density at radius 1 is 1.29 bits per heavy atom. The summed E-state index contributed by atoms with van der Waals surface area (Å²) in [4.78, 5) is 4.18. The molecular formula is C12H12Cl2N2O. The van der Waals surface area contributed by atoms with E-state index in [1.807, 2.05) is 24.3 Å². The highest BCUT2D eigenvalue weighted by Crippen LogP contribution is 2.21. The Bertz CT molecular complexity index is 482. The number of rotatable bonds is 4. The Kier molecular flexibility index (Phi) is 4.02. The Hall–Kier alpha value is -1.06. The van der Waals surface area contributed by atoms with Gasteiger partial charge in [-0.1, -0.05) is 35.8 Å². The molecule has 0 bridgehead atoms. The molecule has 0 saturated heterocycles. The van der Waals surface area contributed by atoms with Gasteiger partial charge in [0.2, 0.25) is 5.89 Å². The van der Waals surface area contributed by atoms with Crippen LogP contribution >= 0.6 is 23.2 Å². The van der Waals surface area contributed by atoms with Gasteiger partial charge in [-0.15, -0.1) is 11.6 Å². The smallest absolute Gasteiger partial charge is 0.241 e. The number of hydrogen-bond donors (Lipinski definition) is 0. The molecule has 2 aromatic rings. The summed E-state index contributed by atoms with van der Waals surface area (Å²) in [7, 11) is 0. The molecule has 1 atom stereocenters. The fraction of sp³-hybridized carbons (Fsp3) is 0.333. The molecule has 0 spiro atoms. The van der Waals surface area contributed by atoms with E-state index in [1.165, 1.54) is 5.56 Å². The molecule has 1 aromatic carbocycles. The molecule has 1 heterocycles. The van der Waals surface area contributed by atoms with Gasteiger partial charge in [0.25, 0.3) is 0 Å². The molecule has 0 unspecified atom stereocenters. The maximum Gasteiger partial charge on any atom is 0.241 e. The zero-order valence-corrected chi connectivity index (χ0v) is 10.9. The lowest BCUT2D eigenvalue weighted by molar-refractivity contribution is 0.383. The number of halogens is 2. The summed E-state index contributed by atoms with van der Waals surface area (Å²) in [5.74, 6) is 1.71. The van der Waals surface area contributed by atoms with Crippen molar-refractivity contribution in [1.82, 2.24) is 10.1 Å². The summed E-state index contributed by atoms with van der Waals surface area (Å²) in [6.45, 7) is 2.11. The first kappa shape index (κ1) is 12.4. The van der Waals surface area contributed by atoms with Crippen molar-refractivity contribution in [1.29, 1.82) is 0 Å². The van der Waals surface area contributed by atoms with Crippen LogP contribution in [0.1, 0.15) is 30.1 Å². The first-order chi connectivity index (χ1) is 8.19. The summed E-state index contributed by atoms with van der Waals surface area (Å²) in [6, 6.07) is 7.78. The van der Waals surface area contributed by atoms with Crippen LogP contribution in [0.4, 0.5) is 0 Å². The quantitative estimate of drug-likeness (QED) is 0.794. The van der Waals surface area contributed by atoms with Gasteiger partial charge in [0.1, 0.15) is 5.88 Å². The fourth-order valence-corrected chi connectivity index (χ4v) is 1.84. The van der Waals surface area contributed by atoms with Crippen LogP contribution in [0.25, 0.3) is 0 Å². The fourth-order valence-electron chi connectivity index (χ4n) is 1.61. The van der Waals surface area contributed by atoms with Crippen molar-refractivity contribution in [3.63, 3.8) is 0 Å². The minimum absolute atomic E-state index is 0.252. The van der Waals surface area contributed by atoms with Crippen LogP contribution in [0, 0.1) is 0 Å². The third kappa shape index (κ3) is 3.20. The highest BCUT2D eigenvalue weighted by molar-refractivity contribution is 6.30. The molecule has 5 heteroatoms. The zero-order valence-electron chi connectivity index (χ0n) is 9.36. The first-order valence-electron chi connectivity index (χ1n) is 5.32. The van der Waals surface area contributed by atoms with E-state index >= 15 is 0 Å². The Morgan fingerprint density at radius 3 is 2.59 bits per heavy atom. The van der Waals surface area contributed by atoms with E-state index in [-0.39, 0.29) is 5.88 Å². The van der Waals surface area contributed by atoms with Gasteiger partial charge in [-0.25, -0.2) is 0 Å². The summed E-state index contributed by atoms with van der Waals surface area (Å²) < 4.78 is 4.96. The molecule has 0 amide bonds. The molecule has 3 nitrogen and oxygen atoms in total. The van der Waals surface area contributed by atoms with Crippen LogP contribution in [0.15, 0.2) is 28.8 Å².